The Labute approximate surface area is 175 Å². The van der Waals surface area contributed by atoms with Crippen LogP contribution in [0.2, 0.25) is 0 Å². The molecule has 30 heavy (non-hydrogen) atoms. The number of benzene rings is 3. The van der Waals surface area contributed by atoms with Crippen LogP contribution in [0.3, 0.4) is 0 Å². The van der Waals surface area contributed by atoms with Crippen LogP contribution in [0.25, 0.3) is 33.9 Å². The fraction of sp³-hybridized carbons (Fsp3) is 0.160. The fourth-order valence-corrected chi connectivity index (χ4v) is 3.55. The Kier molecular flexibility index (Phi) is 5.44. The number of hydrogen-bond acceptors (Lipinski definition) is 4. The SMILES string of the molecule is CCCCn1c(-c2ccc(O)cc2)nc(-c2ccc(O)cc2)c1-c1ccc(O)cc1. The first-order chi connectivity index (χ1) is 14.6. The molecule has 0 saturated carbocycles. The van der Waals surface area contributed by atoms with Gasteiger partial charge in [-0.15, -0.1) is 0 Å². The number of aromatic hydroxyl groups is 3. The summed E-state index contributed by atoms with van der Waals surface area (Å²) in [5.41, 5.74) is 4.52. The number of aromatic nitrogens is 2. The molecule has 3 aromatic carbocycles. The minimum atomic E-state index is 0.203. The van der Waals surface area contributed by atoms with E-state index in [1.165, 1.54) is 0 Å². The summed E-state index contributed by atoms with van der Waals surface area (Å²) in [6, 6.07) is 21.2. The largest absolute Gasteiger partial charge is 0.508 e. The molecule has 5 nitrogen and oxygen atoms in total. The standard InChI is InChI=1S/C25H24N2O3/c1-2-3-16-27-24(18-6-12-21(29)13-7-18)23(17-4-10-20(28)11-5-17)26-25(27)19-8-14-22(30)15-9-19/h4-15,28-30H,2-3,16H2,1H3. The van der Waals surface area contributed by atoms with Gasteiger partial charge in [0, 0.05) is 23.2 Å². The van der Waals surface area contributed by atoms with Crippen LogP contribution in [-0.2, 0) is 6.54 Å². The first-order valence-corrected chi connectivity index (χ1v) is 10.1. The summed E-state index contributed by atoms with van der Waals surface area (Å²) < 4.78 is 2.20. The lowest BCUT2D eigenvalue weighted by molar-refractivity contribution is 0.475. The summed E-state index contributed by atoms with van der Waals surface area (Å²) >= 11 is 0. The van der Waals surface area contributed by atoms with Gasteiger partial charge in [-0.05, 0) is 79.2 Å². The van der Waals surface area contributed by atoms with E-state index in [0.717, 1.165) is 53.3 Å². The average Bonchev–Trinajstić information content (AvgIpc) is 3.13. The maximum atomic E-state index is 9.77. The first kappa shape index (κ1) is 19.6. The van der Waals surface area contributed by atoms with Gasteiger partial charge >= 0.3 is 0 Å². The Balaban J connectivity index is 1.98. The molecule has 4 rings (SSSR count). The van der Waals surface area contributed by atoms with Crippen LogP contribution >= 0.6 is 0 Å². The molecule has 0 saturated heterocycles. The summed E-state index contributed by atoms with van der Waals surface area (Å²) in [7, 11) is 0. The molecule has 0 fully saturated rings. The van der Waals surface area contributed by atoms with Crippen LogP contribution in [0.1, 0.15) is 19.8 Å². The smallest absolute Gasteiger partial charge is 0.141 e. The highest BCUT2D eigenvalue weighted by Gasteiger charge is 2.21. The molecule has 0 atom stereocenters. The third-order valence-corrected chi connectivity index (χ3v) is 5.11. The van der Waals surface area contributed by atoms with Gasteiger partial charge in [0.1, 0.15) is 23.1 Å². The van der Waals surface area contributed by atoms with Crippen molar-refractivity contribution in [1.82, 2.24) is 9.55 Å². The van der Waals surface area contributed by atoms with Gasteiger partial charge in [0.05, 0.1) is 11.4 Å². The van der Waals surface area contributed by atoms with Crippen molar-refractivity contribution in [2.24, 2.45) is 0 Å². The molecule has 1 aromatic heterocycles. The van der Waals surface area contributed by atoms with Crippen molar-refractivity contribution in [3.63, 3.8) is 0 Å². The van der Waals surface area contributed by atoms with Crippen LogP contribution in [0.5, 0.6) is 17.2 Å². The Hall–Kier alpha value is -3.73. The lowest BCUT2D eigenvalue weighted by Crippen LogP contribution is -2.03. The molecule has 0 unspecified atom stereocenters. The van der Waals surface area contributed by atoms with Gasteiger partial charge in [0.25, 0.3) is 0 Å². The monoisotopic (exact) mass is 400 g/mol. The minimum absolute atomic E-state index is 0.203. The zero-order chi connectivity index (χ0) is 21.1. The highest BCUT2D eigenvalue weighted by molar-refractivity contribution is 5.82. The van der Waals surface area contributed by atoms with Crippen molar-refractivity contribution in [1.29, 1.82) is 0 Å². The molecular formula is C25H24N2O3. The Bertz CT molecular complexity index is 1130. The van der Waals surface area contributed by atoms with E-state index in [1.54, 1.807) is 36.4 Å². The Morgan fingerprint density at radius 3 is 1.63 bits per heavy atom. The van der Waals surface area contributed by atoms with Crippen molar-refractivity contribution in [2.45, 2.75) is 26.3 Å². The van der Waals surface area contributed by atoms with E-state index in [9.17, 15) is 15.3 Å². The Morgan fingerprint density at radius 2 is 1.13 bits per heavy atom. The summed E-state index contributed by atoms with van der Waals surface area (Å²) in [5, 5.41) is 29.2. The van der Waals surface area contributed by atoms with Gasteiger partial charge in [-0.25, -0.2) is 4.98 Å². The van der Waals surface area contributed by atoms with Crippen LogP contribution in [0, 0.1) is 0 Å². The van der Waals surface area contributed by atoms with Crippen molar-refractivity contribution in [2.75, 3.05) is 0 Å². The second-order valence-corrected chi connectivity index (χ2v) is 7.28. The van der Waals surface area contributed by atoms with E-state index in [1.807, 2.05) is 36.4 Å². The third kappa shape index (κ3) is 3.87. The molecule has 0 amide bonds. The Morgan fingerprint density at radius 1 is 0.667 bits per heavy atom. The predicted octanol–water partition coefficient (Wildman–Crippen LogP) is 5.80. The quantitative estimate of drug-likeness (QED) is 0.382. The number of phenols is 3. The van der Waals surface area contributed by atoms with Crippen molar-refractivity contribution >= 4 is 0 Å². The lowest BCUT2D eigenvalue weighted by atomic mass is 10.0. The van der Waals surface area contributed by atoms with Crippen LogP contribution in [-0.4, -0.2) is 24.9 Å². The van der Waals surface area contributed by atoms with Gasteiger partial charge in [-0.3, -0.25) is 0 Å². The molecule has 0 spiro atoms. The summed E-state index contributed by atoms with van der Waals surface area (Å²) in [4.78, 5) is 5.00. The third-order valence-electron chi connectivity index (χ3n) is 5.11. The zero-order valence-corrected chi connectivity index (χ0v) is 16.8. The maximum absolute atomic E-state index is 9.77. The number of rotatable bonds is 6. The van der Waals surface area contributed by atoms with Crippen LogP contribution in [0.15, 0.2) is 72.8 Å². The van der Waals surface area contributed by atoms with E-state index in [0.29, 0.717) is 0 Å². The van der Waals surface area contributed by atoms with Gasteiger partial charge in [0.15, 0.2) is 0 Å². The highest BCUT2D eigenvalue weighted by Crippen LogP contribution is 2.37. The molecule has 0 radical (unpaired) electrons. The molecule has 0 bridgehead atoms. The summed E-state index contributed by atoms with van der Waals surface area (Å²) in [6.07, 6.45) is 2.03. The molecule has 0 aliphatic heterocycles. The number of phenolic OH excluding ortho intramolecular Hbond substituents is 3. The van der Waals surface area contributed by atoms with Crippen molar-refractivity contribution in [3.05, 3.63) is 72.8 Å². The first-order valence-electron chi connectivity index (χ1n) is 10.1. The van der Waals surface area contributed by atoms with Crippen molar-refractivity contribution < 1.29 is 15.3 Å². The molecule has 152 valence electrons. The van der Waals surface area contributed by atoms with E-state index in [2.05, 4.69) is 11.5 Å². The minimum Gasteiger partial charge on any atom is -0.508 e. The average molecular weight is 400 g/mol. The van der Waals surface area contributed by atoms with E-state index in [4.69, 9.17) is 4.98 Å². The zero-order valence-electron chi connectivity index (χ0n) is 16.8. The molecular weight excluding hydrogens is 376 g/mol. The number of nitrogens with zero attached hydrogens (tertiary/aromatic N) is 2. The van der Waals surface area contributed by atoms with Gasteiger partial charge < -0.3 is 19.9 Å². The topological polar surface area (TPSA) is 78.5 Å². The summed E-state index contributed by atoms with van der Waals surface area (Å²) in [6.45, 7) is 2.94. The van der Waals surface area contributed by atoms with Gasteiger partial charge in [-0.1, -0.05) is 13.3 Å². The highest BCUT2D eigenvalue weighted by atomic mass is 16.3. The van der Waals surface area contributed by atoms with E-state index >= 15 is 0 Å². The molecule has 3 N–H and O–H groups in total. The maximum Gasteiger partial charge on any atom is 0.141 e. The lowest BCUT2D eigenvalue weighted by Gasteiger charge is -2.13. The molecule has 0 aliphatic carbocycles. The number of imidazole rings is 1. The van der Waals surface area contributed by atoms with Crippen LogP contribution < -0.4 is 0 Å². The number of hydrogen-bond donors (Lipinski definition) is 3. The van der Waals surface area contributed by atoms with Gasteiger partial charge in [0.2, 0.25) is 0 Å². The number of unbranched alkanes of at least 4 members (excludes halogenated alkanes) is 1. The van der Waals surface area contributed by atoms with E-state index in [-0.39, 0.29) is 17.2 Å². The molecule has 1 heterocycles. The van der Waals surface area contributed by atoms with Gasteiger partial charge in [-0.2, -0.15) is 0 Å². The fourth-order valence-electron chi connectivity index (χ4n) is 3.55. The normalized spacial score (nSPS) is 11.0. The van der Waals surface area contributed by atoms with E-state index < -0.39 is 0 Å². The molecule has 0 aliphatic rings. The van der Waals surface area contributed by atoms with Crippen molar-refractivity contribution in [3.8, 4) is 51.2 Å². The second kappa shape index (κ2) is 8.33. The second-order valence-electron chi connectivity index (χ2n) is 7.28. The predicted molar refractivity (Wildman–Crippen MR) is 118 cm³/mol. The molecule has 4 aromatic rings. The van der Waals surface area contributed by atoms with Crippen LogP contribution in [0.4, 0.5) is 0 Å². The molecule has 5 heteroatoms. The summed E-state index contributed by atoms with van der Waals surface area (Å²) in [5.74, 6) is 1.44.